The van der Waals surface area contributed by atoms with Crippen LogP contribution in [0.5, 0.6) is 0 Å². The number of benzene rings is 8. The third kappa shape index (κ3) is 6.63. The summed E-state index contributed by atoms with van der Waals surface area (Å²) in [5, 5.41) is 4.45. The first-order chi connectivity index (χ1) is 31.7. The topological polar surface area (TPSA) is 32.8 Å². The molecule has 2 aliphatic rings. The Bertz CT molecular complexity index is 3460. The molecule has 0 bridgehead atoms. The van der Waals surface area contributed by atoms with Gasteiger partial charge in [-0.05, 0) is 102 Å². The molecule has 0 spiro atoms. The van der Waals surface area contributed by atoms with Crippen molar-refractivity contribution in [1.82, 2.24) is 0 Å². The maximum absolute atomic E-state index is 6.91. The number of fused-ring (bicyclic) bond motifs is 6. The quantitative estimate of drug-likeness (QED) is 0.145. The Labute approximate surface area is 372 Å². The van der Waals surface area contributed by atoms with Gasteiger partial charge in [-0.2, -0.15) is 0 Å². The first-order valence-corrected chi connectivity index (χ1v) is 22.2. The van der Waals surface area contributed by atoms with E-state index in [1.54, 1.807) is 0 Å². The van der Waals surface area contributed by atoms with Crippen molar-refractivity contribution in [2.45, 2.75) is 25.2 Å². The van der Waals surface area contributed by atoms with Gasteiger partial charge in [-0.3, -0.25) is 0 Å². The van der Waals surface area contributed by atoms with Crippen LogP contribution in [-0.2, 0) is 0 Å². The van der Waals surface area contributed by atoms with Crippen molar-refractivity contribution in [3.63, 3.8) is 0 Å². The Hall–Kier alpha value is -8.08. The van der Waals surface area contributed by atoms with Gasteiger partial charge in [-0.15, -0.1) is 0 Å². The highest BCUT2D eigenvalue weighted by molar-refractivity contribution is 6.14. The molecule has 0 amide bonds. The van der Waals surface area contributed by atoms with Crippen molar-refractivity contribution in [3.8, 4) is 11.1 Å². The summed E-state index contributed by atoms with van der Waals surface area (Å²) in [7, 11) is 0. The molecule has 0 saturated heterocycles. The molecule has 0 N–H and O–H groups in total. The van der Waals surface area contributed by atoms with Crippen LogP contribution in [0, 0.1) is 0 Å². The molecule has 4 nitrogen and oxygen atoms in total. The van der Waals surface area contributed by atoms with Crippen LogP contribution < -0.4 is 9.80 Å². The van der Waals surface area contributed by atoms with E-state index in [-0.39, 0.29) is 5.92 Å². The van der Waals surface area contributed by atoms with Gasteiger partial charge in [-0.1, -0.05) is 164 Å². The molecule has 10 aromatic rings. The van der Waals surface area contributed by atoms with E-state index in [9.17, 15) is 0 Å². The van der Waals surface area contributed by atoms with Gasteiger partial charge in [0, 0.05) is 55.8 Å². The summed E-state index contributed by atoms with van der Waals surface area (Å²) in [5.74, 6) is 0.218. The molecular weight excluding hydrogens is 781 g/mol. The minimum absolute atomic E-state index is 0.218. The molecule has 2 aromatic heterocycles. The SMILES string of the molecule is C1=CCCC(c2ccc(N(C3=CCC(c4ccc(N(c5ccccc5)c5cccc6c5oc5c(-c7ccccc7)cccc56)cc4)C=C3)c3cccc4c3oc3ccccc34)cc2)=C1. The summed E-state index contributed by atoms with van der Waals surface area (Å²) < 4.78 is 13.5. The van der Waals surface area contributed by atoms with Crippen molar-refractivity contribution in [2.75, 3.05) is 9.80 Å². The number of nitrogens with zero attached hydrogens (tertiary/aromatic N) is 2. The average Bonchev–Trinajstić information content (AvgIpc) is 3.96. The first kappa shape index (κ1) is 37.7. The van der Waals surface area contributed by atoms with E-state index in [2.05, 4.69) is 228 Å². The molecule has 0 aliphatic heterocycles. The third-order valence-electron chi connectivity index (χ3n) is 12.9. The zero-order valence-electron chi connectivity index (χ0n) is 35.3. The molecule has 4 heteroatoms. The van der Waals surface area contributed by atoms with Crippen LogP contribution in [0.15, 0.2) is 239 Å². The predicted octanol–water partition coefficient (Wildman–Crippen LogP) is 17.1. The number of para-hydroxylation sites is 5. The van der Waals surface area contributed by atoms with Gasteiger partial charge in [0.25, 0.3) is 0 Å². The Balaban J connectivity index is 0.887. The molecule has 2 heterocycles. The van der Waals surface area contributed by atoms with Crippen LogP contribution >= 0.6 is 0 Å². The van der Waals surface area contributed by atoms with E-state index in [0.717, 1.165) is 108 Å². The molecule has 8 aromatic carbocycles. The number of anilines is 5. The molecule has 12 rings (SSSR count). The van der Waals surface area contributed by atoms with Gasteiger partial charge in [0.05, 0.1) is 11.4 Å². The lowest BCUT2D eigenvalue weighted by atomic mass is 9.91. The fourth-order valence-corrected chi connectivity index (χ4v) is 9.73. The Kier molecular flexibility index (Phi) is 9.41. The lowest BCUT2D eigenvalue weighted by Gasteiger charge is -2.29. The summed E-state index contributed by atoms with van der Waals surface area (Å²) >= 11 is 0. The number of furan rings is 2. The van der Waals surface area contributed by atoms with E-state index in [0.29, 0.717) is 0 Å². The van der Waals surface area contributed by atoms with Crippen LogP contribution in [0.2, 0.25) is 0 Å². The molecule has 0 saturated carbocycles. The van der Waals surface area contributed by atoms with Gasteiger partial charge < -0.3 is 18.6 Å². The maximum atomic E-state index is 6.91. The molecule has 2 aliphatic carbocycles. The maximum Gasteiger partial charge on any atom is 0.159 e. The fourth-order valence-electron chi connectivity index (χ4n) is 9.73. The molecule has 1 atom stereocenters. The second kappa shape index (κ2) is 16.0. The molecule has 0 fully saturated rings. The van der Waals surface area contributed by atoms with Gasteiger partial charge in [-0.25, -0.2) is 0 Å². The fraction of sp³-hybridized carbons (Fsp3) is 0.0667. The lowest BCUT2D eigenvalue weighted by Crippen LogP contribution is -2.17. The monoisotopic (exact) mass is 824 g/mol. The predicted molar refractivity (Wildman–Crippen MR) is 267 cm³/mol. The van der Waals surface area contributed by atoms with E-state index in [1.165, 1.54) is 16.7 Å². The van der Waals surface area contributed by atoms with Gasteiger partial charge in [0.1, 0.15) is 11.2 Å². The number of rotatable bonds is 9. The highest BCUT2D eigenvalue weighted by atomic mass is 16.3. The summed E-state index contributed by atoms with van der Waals surface area (Å²) in [6.07, 6.45) is 16.7. The van der Waals surface area contributed by atoms with Crippen molar-refractivity contribution in [1.29, 1.82) is 0 Å². The summed E-state index contributed by atoms with van der Waals surface area (Å²) in [6.45, 7) is 0. The van der Waals surface area contributed by atoms with Crippen molar-refractivity contribution in [2.24, 2.45) is 0 Å². The zero-order valence-corrected chi connectivity index (χ0v) is 35.3. The van der Waals surface area contributed by atoms with Crippen LogP contribution in [0.25, 0.3) is 60.6 Å². The molecule has 1 unspecified atom stereocenters. The second-order valence-corrected chi connectivity index (χ2v) is 16.7. The largest absolute Gasteiger partial charge is 0.454 e. The van der Waals surface area contributed by atoms with Gasteiger partial charge in [0.2, 0.25) is 0 Å². The average molecular weight is 825 g/mol. The summed E-state index contributed by atoms with van der Waals surface area (Å²) in [5.41, 5.74) is 16.1. The Morgan fingerprint density at radius 2 is 1.08 bits per heavy atom. The Morgan fingerprint density at radius 3 is 1.81 bits per heavy atom. The normalized spacial score (nSPS) is 14.9. The van der Waals surface area contributed by atoms with E-state index >= 15 is 0 Å². The Morgan fingerprint density at radius 1 is 0.469 bits per heavy atom. The minimum atomic E-state index is 0.218. The third-order valence-corrected chi connectivity index (χ3v) is 12.9. The van der Waals surface area contributed by atoms with Gasteiger partial charge in [0.15, 0.2) is 11.2 Å². The van der Waals surface area contributed by atoms with Crippen LogP contribution in [0.4, 0.5) is 28.4 Å². The number of hydrogen-bond acceptors (Lipinski definition) is 4. The molecular formula is C60H44N2O2. The highest BCUT2D eigenvalue weighted by Crippen LogP contribution is 2.46. The number of hydrogen-bond donors (Lipinski definition) is 0. The van der Waals surface area contributed by atoms with Crippen LogP contribution in [0.1, 0.15) is 36.3 Å². The summed E-state index contributed by atoms with van der Waals surface area (Å²) in [4.78, 5) is 4.67. The summed E-state index contributed by atoms with van der Waals surface area (Å²) in [6, 6.07) is 66.9. The second-order valence-electron chi connectivity index (χ2n) is 16.7. The minimum Gasteiger partial charge on any atom is -0.454 e. The van der Waals surface area contributed by atoms with Crippen LogP contribution in [-0.4, -0.2) is 0 Å². The van der Waals surface area contributed by atoms with Crippen molar-refractivity contribution < 1.29 is 8.83 Å². The molecule has 306 valence electrons. The van der Waals surface area contributed by atoms with Crippen LogP contribution in [0.3, 0.4) is 0 Å². The lowest BCUT2D eigenvalue weighted by molar-refractivity contribution is 0.668. The smallest absolute Gasteiger partial charge is 0.159 e. The molecule has 64 heavy (non-hydrogen) atoms. The first-order valence-electron chi connectivity index (χ1n) is 22.2. The van der Waals surface area contributed by atoms with E-state index in [1.807, 2.05) is 6.07 Å². The molecule has 0 radical (unpaired) electrons. The van der Waals surface area contributed by atoms with Crippen molar-refractivity contribution in [3.05, 3.63) is 241 Å². The zero-order chi connectivity index (χ0) is 42.4. The van der Waals surface area contributed by atoms with E-state index < -0.39 is 0 Å². The van der Waals surface area contributed by atoms with E-state index in [4.69, 9.17) is 8.83 Å². The number of allylic oxidation sites excluding steroid dienone is 7. The standard InChI is InChI=1S/C60H44N2O2/c1-4-15-41(16-5-1)42-29-35-48(36-30-42)62(55-26-13-24-52-51-21-10-11-28-57(51)63-59(52)55)49-39-33-44(34-40-49)43-31-37-47(38-32-43)61(46-19-8-3-9-20-46)56-27-14-25-54-53-23-12-22-50(58(53)64-60(54)56)45-17-6-2-7-18-45/h1-4,6-15,17-33,35-40,44H,5,16,34H2. The van der Waals surface area contributed by atoms with Gasteiger partial charge >= 0.3 is 0 Å². The van der Waals surface area contributed by atoms with Crippen molar-refractivity contribution >= 4 is 77.9 Å². The highest BCUT2D eigenvalue weighted by Gasteiger charge is 2.24.